The molecule has 0 saturated heterocycles. The van der Waals surface area contributed by atoms with Gasteiger partial charge in [-0.3, -0.25) is 4.79 Å². The number of amides is 1. The van der Waals surface area contributed by atoms with Gasteiger partial charge in [-0.25, -0.2) is 9.82 Å². The Kier molecular flexibility index (Phi) is 7.85. The van der Waals surface area contributed by atoms with Crippen molar-refractivity contribution < 1.29 is 31.3 Å². The van der Waals surface area contributed by atoms with Crippen LogP contribution in [0.5, 0.6) is 17.2 Å². The number of methoxy groups -OCH3 is 1. The minimum Gasteiger partial charge on any atom is -0.493 e. The van der Waals surface area contributed by atoms with Gasteiger partial charge in [0.2, 0.25) is 0 Å². The first-order chi connectivity index (χ1) is 16.2. The highest BCUT2D eigenvalue weighted by Gasteiger charge is 2.21. The Morgan fingerprint density at radius 3 is 2.47 bits per heavy atom. The number of benzene rings is 3. The molecule has 3 rings (SSSR count). The van der Waals surface area contributed by atoms with Crippen LogP contribution in [0.2, 0.25) is 0 Å². The van der Waals surface area contributed by atoms with Crippen LogP contribution in [0.1, 0.15) is 16.7 Å². The first kappa shape index (κ1) is 24.7. The molecule has 0 aliphatic heterocycles. The molecule has 3 aromatic carbocycles. The molecule has 178 valence electrons. The Hall–Kier alpha value is -3.92. The van der Waals surface area contributed by atoms with Crippen LogP contribution in [0.4, 0.5) is 4.39 Å². The van der Waals surface area contributed by atoms with Gasteiger partial charge in [-0.2, -0.15) is 13.5 Å². The molecule has 0 spiro atoms. The molecule has 0 bridgehead atoms. The van der Waals surface area contributed by atoms with Crippen LogP contribution in [0.15, 0.2) is 70.7 Å². The van der Waals surface area contributed by atoms with E-state index in [-0.39, 0.29) is 23.0 Å². The predicted molar refractivity (Wildman–Crippen MR) is 124 cm³/mol. The summed E-state index contributed by atoms with van der Waals surface area (Å²) in [5.41, 5.74) is 4.17. The zero-order valence-electron chi connectivity index (χ0n) is 18.7. The number of nitrogens with zero attached hydrogens (tertiary/aromatic N) is 1. The number of nitrogens with one attached hydrogen (secondary N) is 1. The lowest BCUT2D eigenvalue weighted by Crippen LogP contribution is -2.24. The fourth-order valence-corrected chi connectivity index (χ4v) is 4.12. The second-order valence-corrected chi connectivity index (χ2v) is 8.77. The lowest BCUT2D eigenvalue weighted by molar-refractivity contribution is -0.123. The third-order valence-corrected chi connectivity index (χ3v) is 5.96. The van der Waals surface area contributed by atoms with Gasteiger partial charge in [0, 0.05) is 0 Å². The molecule has 0 heterocycles. The van der Waals surface area contributed by atoms with E-state index in [1.807, 2.05) is 6.07 Å². The Balaban J connectivity index is 1.64. The average Bonchev–Trinajstić information content (AvgIpc) is 2.81. The fraction of sp³-hybridized carbons (Fsp3) is 0.167. The summed E-state index contributed by atoms with van der Waals surface area (Å²) in [5.74, 6) is -0.402. The normalized spacial score (nSPS) is 11.3. The molecule has 0 atom stereocenters. The van der Waals surface area contributed by atoms with Gasteiger partial charge < -0.3 is 13.7 Å². The van der Waals surface area contributed by atoms with Gasteiger partial charge in [-0.05, 0) is 79.1 Å². The van der Waals surface area contributed by atoms with Gasteiger partial charge in [0.15, 0.2) is 18.1 Å². The van der Waals surface area contributed by atoms with Crippen molar-refractivity contribution in [2.75, 3.05) is 13.7 Å². The number of rotatable bonds is 9. The summed E-state index contributed by atoms with van der Waals surface area (Å²) < 4.78 is 54.2. The molecule has 0 radical (unpaired) electrons. The number of ether oxygens (including phenoxy) is 2. The standard InChI is InChI=1S/C24H23FN2O6S/c1-16-4-5-17(2)23(12-16)34(29,30)33-21-11-6-18(13-22(21)31-3)14-26-27-24(28)15-32-20-9-7-19(25)8-10-20/h4-14H,15H2,1-3H3,(H,27,28). The third-order valence-electron chi connectivity index (χ3n) is 4.59. The molecule has 0 fully saturated rings. The molecule has 0 aliphatic carbocycles. The number of hydrogen-bond acceptors (Lipinski definition) is 7. The van der Waals surface area contributed by atoms with Crippen molar-refractivity contribution in [3.8, 4) is 17.2 Å². The van der Waals surface area contributed by atoms with Gasteiger partial charge in [0.05, 0.1) is 13.3 Å². The van der Waals surface area contributed by atoms with Crippen LogP contribution in [-0.4, -0.2) is 34.3 Å². The monoisotopic (exact) mass is 486 g/mol. The first-order valence-electron chi connectivity index (χ1n) is 10.1. The summed E-state index contributed by atoms with van der Waals surface area (Å²) in [7, 11) is -2.70. The minimum atomic E-state index is -4.08. The summed E-state index contributed by atoms with van der Waals surface area (Å²) in [6.45, 7) is 3.17. The maximum atomic E-state index is 12.9. The van der Waals surface area contributed by atoms with E-state index in [0.717, 1.165) is 5.56 Å². The Morgan fingerprint density at radius 2 is 1.76 bits per heavy atom. The molecule has 0 saturated carbocycles. The van der Waals surface area contributed by atoms with Crippen molar-refractivity contribution in [3.63, 3.8) is 0 Å². The van der Waals surface area contributed by atoms with Crippen molar-refractivity contribution in [2.45, 2.75) is 18.7 Å². The second-order valence-electron chi connectivity index (χ2n) is 7.25. The van der Waals surface area contributed by atoms with Crippen molar-refractivity contribution in [1.29, 1.82) is 0 Å². The van der Waals surface area contributed by atoms with E-state index in [9.17, 15) is 17.6 Å². The van der Waals surface area contributed by atoms with Crippen LogP contribution in [0.25, 0.3) is 0 Å². The van der Waals surface area contributed by atoms with E-state index in [4.69, 9.17) is 13.7 Å². The SMILES string of the molecule is COc1cc(C=NNC(=O)COc2ccc(F)cc2)ccc1OS(=O)(=O)c1cc(C)ccc1C. The Bertz CT molecular complexity index is 1310. The van der Waals surface area contributed by atoms with E-state index in [1.165, 1.54) is 49.7 Å². The number of aryl methyl sites for hydroxylation is 2. The molecule has 10 heteroatoms. The average molecular weight is 487 g/mol. The zero-order valence-corrected chi connectivity index (χ0v) is 19.6. The lowest BCUT2D eigenvalue weighted by atomic mass is 10.2. The lowest BCUT2D eigenvalue weighted by Gasteiger charge is -2.13. The van der Waals surface area contributed by atoms with Crippen molar-refractivity contribution in [3.05, 3.63) is 83.2 Å². The molecule has 3 aromatic rings. The van der Waals surface area contributed by atoms with E-state index in [2.05, 4.69) is 10.5 Å². The molecule has 0 unspecified atom stereocenters. The van der Waals surface area contributed by atoms with Crippen LogP contribution in [0.3, 0.4) is 0 Å². The molecule has 0 aliphatic rings. The van der Waals surface area contributed by atoms with Crippen molar-refractivity contribution in [2.24, 2.45) is 5.10 Å². The van der Waals surface area contributed by atoms with E-state index in [0.29, 0.717) is 16.9 Å². The number of carbonyl (C=O) groups is 1. The van der Waals surface area contributed by atoms with Crippen LogP contribution in [0, 0.1) is 19.7 Å². The van der Waals surface area contributed by atoms with E-state index in [1.54, 1.807) is 32.0 Å². The molecule has 8 nitrogen and oxygen atoms in total. The van der Waals surface area contributed by atoms with Gasteiger partial charge in [-0.1, -0.05) is 12.1 Å². The summed E-state index contributed by atoms with van der Waals surface area (Å²) in [6, 6.07) is 14.8. The molecule has 34 heavy (non-hydrogen) atoms. The highest BCUT2D eigenvalue weighted by Crippen LogP contribution is 2.31. The summed E-state index contributed by atoms with van der Waals surface area (Å²) >= 11 is 0. The second kappa shape index (κ2) is 10.8. The highest BCUT2D eigenvalue weighted by atomic mass is 32.2. The van der Waals surface area contributed by atoms with Crippen molar-refractivity contribution in [1.82, 2.24) is 5.43 Å². The topological polar surface area (TPSA) is 103 Å². The molecule has 1 N–H and O–H groups in total. The first-order valence-corrected chi connectivity index (χ1v) is 11.5. The minimum absolute atomic E-state index is 0.0114. The smallest absolute Gasteiger partial charge is 0.339 e. The van der Waals surface area contributed by atoms with Gasteiger partial charge >= 0.3 is 10.1 Å². The zero-order chi connectivity index (χ0) is 24.7. The van der Waals surface area contributed by atoms with Crippen LogP contribution in [-0.2, 0) is 14.9 Å². The van der Waals surface area contributed by atoms with Crippen LogP contribution < -0.4 is 19.1 Å². The van der Waals surface area contributed by atoms with Crippen LogP contribution >= 0.6 is 0 Å². The summed E-state index contributed by atoms with van der Waals surface area (Å²) in [5, 5.41) is 3.84. The number of hydrogen-bond donors (Lipinski definition) is 1. The van der Waals surface area contributed by atoms with Gasteiger partial charge in [0.1, 0.15) is 16.5 Å². The Labute approximate surface area is 197 Å². The van der Waals surface area contributed by atoms with Gasteiger partial charge in [-0.15, -0.1) is 0 Å². The number of hydrazone groups is 1. The molecule has 1 amide bonds. The van der Waals surface area contributed by atoms with E-state index < -0.39 is 21.8 Å². The number of halogens is 1. The maximum absolute atomic E-state index is 12.9. The Morgan fingerprint density at radius 1 is 1.03 bits per heavy atom. The highest BCUT2D eigenvalue weighted by molar-refractivity contribution is 7.87. The van der Waals surface area contributed by atoms with Gasteiger partial charge in [0.25, 0.3) is 5.91 Å². The third kappa shape index (κ3) is 6.55. The van der Waals surface area contributed by atoms with E-state index >= 15 is 0 Å². The predicted octanol–water partition coefficient (Wildman–Crippen LogP) is 3.75. The van der Waals surface area contributed by atoms with Crippen molar-refractivity contribution >= 4 is 22.2 Å². The maximum Gasteiger partial charge on any atom is 0.339 e. The largest absolute Gasteiger partial charge is 0.493 e. The molecular formula is C24H23FN2O6S. The summed E-state index contributed by atoms with van der Waals surface area (Å²) in [6.07, 6.45) is 1.35. The quantitative estimate of drug-likeness (QED) is 0.281. The fourth-order valence-electron chi connectivity index (χ4n) is 2.86. The summed E-state index contributed by atoms with van der Waals surface area (Å²) in [4.78, 5) is 11.9. The molecule has 0 aromatic heterocycles. The molecular weight excluding hydrogens is 463 g/mol. The number of carbonyl (C=O) groups excluding carboxylic acids is 1.